The molecule has 1 aliphatic rings. The largest absolute Gasteiger partial charge is 0.322 e. The zero-order valence-corrected chi connectivity index (χ0v) is 14.8. The summed E-state index contributed by atoms with van der Waals surface area (Å²) in [7, 11) is -3.31. The van der Waals surface area contributed by atoms with E-state index < -0.39 is 9.84 Å². The van der Waals surface area contributed by atoms with Crippen LogP contribution in [0.15, 0.2) is 52.7 Å². The molecule has 3 rings (SSSR count). The number of thiophene rings is 1. The Morgan fingerprint density at radius 1 is 1.17 bits per heavy atom. The molecule has 1 heterocycles. The zero-order valence-electron chi connectivity index (χ0n) is 13.1. The maximum Gasteiger partial charge on any atom is 0.248 e. The molecule has 0 aliphatic heterocycles. The van der Waals surface area contributed by atoms with Gasteiger partial charge in [0, 0.05) is 16.6 Å². The summed E-state index contributed by atoms with van der Waals surface area (Å²) in [4.78, 5) is 13.3. The van der Waals surface area contributed by atoms with Crippen molar-refractivity contribution in [3.8, 4) is 0 Å². The molecule has 24 heavy (non-hydrogen) atoms. The van der Waals surface area contributed by atoms with Gasteiger partial charge in [-0.25, -0.2) is 8.42 Å². The normalized spacial score (nSPS) is 15.8. The molecule has 6 heteroatoms. The second kappa shape index (κ2) is 7.32. The van der Waals surface area contributed by atoms with E-state index in [4.69, 9.17) is 0 Å². The summed E-state index contributed by atoms with van der Waals surface area (Å²) in [5, 5.41) is 4.37. The Balaban J connectivity index is 1.72. The third kappa shape index (κ3) is 3.94. The SMILES string of the molecule is O=C(/C=C/c1cccs1)Nc1cccc(S(=O)(=O)C2CCCC2)c1. The molecule has 4 nitrogen and oxygen atoms in total. The fraction of sp³-hybridized carbons (Fsp3) is 0.278. The molecule has 1 aromatic heterocycles. The summed E-state index contributed by atoms with van der Waals surface area (Å²) in [5.74, 6) is -0.279. The van der Waals surface area contributed by atoms with Gasteiger partial charge in [-0.1, -0.05) is 25.0 Å². The van der Waals surface area contributed by atoms with Gasteiger partial charge in [0.25, 0.3) is 0 Å². The number of hydrogen-bond donors (Lipinski definition) is 1. The summed E-state index contributed by atoms with van der Waals surface area (Å²) in [5.41, 5.74) is 0.495. The third-order valence-corrected chi connectivity index (χ3v) is 7.21. The van der Waals surface area contributed by atoms with Crippen molar-refractivity contribution >= 4 is 38.8 Å². The fourth-order valence-corrected chi connectivity index (χ4v) is 5.39. The van der Waals surface area contributed by atoms with Gasteiger partial charge in [-0.3, -0.25) is 4.79 Å². The minimum atomic E-state index is -3.31. The van der Waals surface area contributed by atoms with E-state index in [1.165, 1.54) is 6.08 Å². The third-order valence-electron chi connectivity index (χ3n) is 4.11. The molecule has 1 aromatic carbocycles. The smallest absolute Gasteiger partial charge is 0.248 e. The van der Waals surface area contributed by atoms with Gasteiger partial charge in [-0.15, -0.1) is 11.3 Å². The second-order valence-corrected chi connectivity index (χ2v) is 9.02. The highest BCUT2D eigenvalue weighted by atomic mass is 32.2. The minimum Gasteiger partial charge on any atom is -0.322 e. The average Bonchev–Trinajstić information content (AvgIpc) is 3.27. The predicted octanol–water partition coefficient (Wildman–Crippen LogP) is 4.12. The molecule has 0 atom stereocenters. The highest BCUT2D eigenvalue weighted by Gasteiger charge is 2.30. The van der Waals surface area contributed by atoms with E-state index >= 15 is 0 Å². The molecule has 1 saturated carbocycles. The average molecular weight is 361 g/mol. The van der Waals surface area contributed by atoms with Crippen molar-refractivity contribution in [1.82, 2.24) is 0 Å². The zero-order chi connectivity index (χ0) is 17.0. The van der Waals surface area contributed by atoms with E-state index in [9.17, 15) is 13.2 Å². The Bertz CT molecular complexity index is 833. The lowest BCUT2D eigenvalue weighted by Crippen LogP contribution is -2.18. The van der Waals surface area contributed by atoms with Gasteiger partial charge in [-0.2, -0.15) is 0 Å². The minimum absolute atomic E-state index is 0.279. The van der Waals surface area contributed by atoms with Gasteiger partial charge in [0.1, 0.15) is 0 Å². The summed E-state index contributed by atoms with van der Waals surface area (Å²) in [6, 6.07) is 10.4. The standard InChI is InChI=1S/C18H19NO3S2/c20-18(11-10-15-6-4-12-23-15)19-14-5-3-9-17(13-14)24(21,22)16-7-1-2-8-16/h3-6,9-13,16H,1-2,7-8H2,(H,19,20)/b11-10+. The Morgan fingerprint density at radius 3 is 2.67 bits per heavy atom. The molecular formula is C18H19NO3S2. The van der Waals surface area contributed by atoms with Crippen molar-refractivity contribution in [3.05, 3.63) is 52.7 Å². The molecule has 2 aromatic rings. The molecule has 0 spiro atoms. The number of sulfone groups is 1. The molecule has 1 N–H and O–H groups in total. The Labute approximate surface area is 146 Å². The van der Waals surface area contributed by atoms with Crippen LogP contribution in [0.25, 0.3) is 6.08 Å². The van der Waals surface area contributed by atoms with E-state index in [-0.39, 0.29) is 16.1 Å². The Morgan fingerprint density at radius 2 is 1.96 bits per heavy atom. The van der Waals surface area contributed by atoms with Crippen LogP contribution in [0, 0.1) is 0 Å². The maximum absolute atomic E-state index is 12.6. The predicted molar refractivity (Wildman–Crippen MR) is 97.9 cm³/mol. The first-order valence-corrected chi connectivity index (χ1v) is 10.3. The van der Waals surface area contributed by atoms with E-state index in [1.54, 1.807) is 41.7 Å². The van der Waals surface area contributed by atoms with Crippen LogP contribution in [0.1, 0.15) is 30.6 Å². The van der Waals surface area contributed by atoms with Gasteiger partial charge in [0.2, 0.25) is 5.91 Å². The van der Waals surface area contributed by atoms with Crippen LogP contribution in [0.3, 0.4) is 0 Å². The summed E-state index contributed by atoms with van der Waals surface area (Å²) < 4.78 is 25.3. The van der Waals surface area contributed by atoms with Gasteiger partial charge in [-0.05, 0) is 48.6 Å². The van der Waals surface area contributed by atoms with Crippen LogP contribution in [-0.2, 0) is 14.6 Å². The first-order chi connectivity index (χ1) is 11.6. The molecule has 0 saturated heterocycles. The highest BCUT2D eigenvalue weighted by molar-refractivity contribution is 7.92. The number of amides is 1. The van der Waals surface area contributed by atoms with Crippen molar-refractivity contribution < 1.29 is 13.2 Å². The van der Waals surface area contributed by atoms with Crippen LogP contribution in [0.4, 0.5) is 5.69 Å². The van der Waals surface area contributed by atoms with Crippen molar-refractivity contribution in [2.45, 2.75) is 35.8 Å². The maximum atomic E-state index is 12.6. The van der Waals surface area contributed by atoms with Crippen LogP contribution in [0.5, 0.6) is 0 Å². The Hall–Kier alpha value is -1.92. The second-order valence-electron chi connectivity index (χ2n) is 5.82. The van der Waals surface area contributed by atoms with Crippen molar-refractivity contribution in [3.63, 3.8) is 0 Å². The van der Waals surface area contributed by atoms with Gasteiger partial charge in [0.15, 0.2) is 9.84 Å². The van der Waals surface area contributed by atoms with E-state index in [0.717, 1.165) is 30.6 Å². The monoisotopic (exact) mass is 361 g/mol. The van der Waals surface area contributed by atoms with Crippen LogP contribution < -0.4 is 5.32 Å². The summed E-state index contributed by atoms with van der Waals surface area (Å²) >= 11 is 1.54. The molecule has 0 bridgehead atoms. The fourth-order valence-electron chi connectivity index (χ4n) is 2.87. The molecule has 126 valence electrons. The van der Waals surface area contributed by atoms with Gasteiger partial charge in [0.05, 0.1) is 10.1 Å². The number of benzene rings is 1. The molecular weight excluding hydrogens is 342 g/mol. The number of carbonyl (C=O) groups is 1. The van der Waals surface area contributed by atoms with Crippen molar-refractivity contribution in [2.75, 3.05) is 5.32 Å². The van der Waals surface area contributed by atoms with Gasteiger partial charge >= 0.3 is 0 Å². The van der Waals surface area contributed by atoms with E-state index in [1.807, 2.05) is 17.5 Å². The number of anilines is 1. The van der Waals surface area contributed by atoms with Crippen LogP contribution >= 0.6 is 11.3 Å². The number of carbonyl (C=O) groups excluding carboxylic acids is 1. The lowest BCUT2D eigenvalue weighted by molar-refractivity contribution is -0.111. The summed E-state index contributed by atoms with van der Waals surface area (Å²) in [6.45, 7) is 0. The molecule has 1 amide bonds. The quantitative estimate of drug-likeness (QED) is 0.815. The number of nitrogens with one attached hydrogen (secondary N) is 1. The van der Waals surface area contributed by atoms with Crippen molar-refractivity contribution in [2.24, 2.45) is 0 Å². The van der Waals surface area contributed by atoms with Crippen LogP contribution in [0.2, 0.25) is 0 Å². The summed E-state index contributed by atoms with van der Waals surface area (Å²) in [6.07, 6.45) is 6.57. The molecule has 1 fully saturated rings. The van der Waals surface area contributed by atoms with Gasteiger partial charge < -0.3 is 5.32 Å². The lowest BCUT2D eigenvalue weighted by Gasteiger charge is -2.12. The van der Waals surface area contributed by atoms with Crippen LogP contribution in [-0.4, -0.2) is 19.6 Å². The highest BCUT2D eigenvalue weighted by Crippen LogP contribution is 2.30. The lowest BCUT2D eigenvalue weighted by atomic mass is 10.3. The van der Waals surface area contributed by atoms with Crippen molar-refractivity contribution in [1.29, 1.82) is 0 Å². The number of rotatable bonds is 5. The Kier molecular flexibility index (Phi) is 5.16. The topological polar surface area (TPSA) is 63.2 Å². The number of hydrogen-bond acceptors (Lipinski definition) is 4. The van der Waals surface area contributed by atoms with E-state index in [0.29, 0.717) is 5.69 Å². The first kappa shape index (κ1) is 16.9. The molecule has 1 aliphatic carbocycles. The van der Waals surface area contributed by atoms with E-state index in [2.05, 4.69) is 5.32 Å². The molecule has 0 radical (unpaired) electrons. The molecule has 0 unspecified atom stereocenters. The first-order valence-electron chi connectivity index (χ1n) is 7.92.